The summed E-state index contributed by atoms with van der Waals surface area (Å²) in [5.41, 5.74) is -0.147. The minimum Gasteiger partial charge on any atom is -0.363 e. The Hall–Kier alpha value is -0.610. The summed E-state index contributed by atoms with van der Waals surface area (Å²) in [6.45, 7) is 5.16. The SMILES string of the molecule is CN1CC(C)(C2CCNC2)OCC1=O. The highest BCUT2D eigenvalue weighted by Gasteiger charge is 2.41. The third-order valence-electron chi connectivity index (χ3n) is 3.43. The standard InChI is InChI=1S/C10H18N2O2/c1-10(8-3-4-11-5-8)7-12(2)9(13)6-14-10/h8,11H,3-7H2,1-2H3. The molecule has 4 heteroatoms. The molecular weight excluding hydrogens is 180 g/mol. The quantitative estimate of drug-likeness (QED) is 0.637. The van der Waals surface area contributed by atoms with Gasteiger partial charge < -0.3 is 15.0 Å². The van der Waals surface area contributed by atoms with Gasteiger partial charge in [0.25, 0.3) is 0 Å². The average molecular weight is 198 g/mol. The summed E-state index contributed by atoms with van der Waals surface area (Å²) in [6.07, 6.45) is 1.15. The fourth-order valence-corrected chi connectivity index (χ4v) is 2.36. The molecular formula is C10H18N2O2. The van der Waals surface area contributed by atoms with Crippen molar-refractivity contribution in [2.75, 3.05) is 33.3 Å². The number of rotatable bonds is 1. The minimum absolute atomic E-state index is 0.0911. The molecule has 1 N–H and O–H groups in total. The minimum atomic E-state index is -0.147. The summed E-state index contributed by atoms with van der Waals surface area (Å²) in [7, 11) is 1.85. The van der Waals surface area contributed by atoms with Crippen LogP contribution in [0.4, 0.5) is 0 Å². The van der Waals surface area contributed by atoms with E-state index in [9.17, 15) is 4.79 Å². The molecule has 2 unspecified atom stereocenters. The Morgan fingerprint density at radius 1 is 1.64 bits per heavy atom. The molecule has 2 aliphatic rings. The first-order valence-corrected chi connectivity index (χ1v) is 5.20. The summed E-state index contributed by atoms with van der Waals surface area (Å²) in [6, 6.07) is 0. The van der Waals surface area contributed by atoms with Gasteiger partial charge in [0.2, 0.25) is 5.91 Å². The topological polar surface area (TPSA) is 41.6 Å². The molecule has 2 saturated heterocycles. The lowest BCUT2D eigenvalue weighted by atomic mass is 9.87. The lowest BCUT2D eigenvalue weighted by Crippen LogP contribution is -2.55. The van der Waals surface area contributed by atoms with Crippen LogP contribution in [0.25, 0.3) is 0 Å². The number of ether oxygens (including phenoxy) is 1. The molecule has 0 saturated carbocycles. The number of nitrogens with one attached hydrogen (secondary N) is 1. The molecule has 0 bridgehead atoms. The van der Waals surface area contributed by atoms with Crippen LogP contribution < -0.4 is 5.32 Å². The van der Waals surface area contributed by atoms with Crippen molar-refractivity contribution in [3.63, 3.8) is 0 Å². The molecule has 14 heavy (non-hydrogen) atoms. The highest BCUT2D eigenvalue weighted by atomic mass is 16.5. The maximum atomic E-state index is 11.3. The van der Waals surface area contributed by atoms with Crippen LogP contribution in [0.2, 0.25) is 0 Å². The molecule has 0 radical (unpaired) electrons. The van der Waals surface area contributed by atoms with Crippen molar-refractivity contribution in [1.82, 2.24) is 10.2 Å². The smallest absolute Gasteiger partial charge is 0.248 e. The van der Waals surface area contributed by atoms with Crippen LogP contribution in [-0.4, -0.2) is 49.7 Å². The Kier molecular flexibility index (Phi) is 2.49. The number of likely N-dealkylation sites (N-methyl/N-ethyl adjacent to an activating group) is 1. The van der Waals surface area contributed by atoms with Crippen LogP contribution in [0.15, 0.2) is 0 Å². The van der Waals surface area contributed by atoms with Gasteiger partial charge in [-0.25, -0.2) is 0 Å². The molecule has 2 aliphatic heterocycles. The van der Waals surface area contributed by atoms with Gasteiger partial charge in [-0.05, 0) is 19.9 Å². The molecule has 1 amide bonds. The average Bonchev–Trinajstić information content (AvgIpc) is 2.65. The van der Waals surface area contributed by atoms with E-state index in [-0.39, 0.29) is 18.1 Å². The van der Waals surface area contributed by atoms with E-state index in [1.54, 1.807) is 4.90 Å². The number of carbonyl (C=O) groups is 1. The predicted molar refractivity (Wildman–Crippen MR) is 53.0 cm³/mol. The van der Waals surface area contributed by atoms with E-state index in [1.165, 1.54) is 0 Å². The van der Waals surface area contributed by atoms with Crippen molar-refractivity contribution in [2.24, 2.45) is 5.92 Å². The zero-order valence-electron chi connectivity index (χ0n) is 8.88. The first-order chi connectivity index (χ1) is 6.62. The fraction of sp³-hybridized carbons (Fsp3) is 0.900. The molecule has 4 nitrogen and oxygen atoms in total. The second-order valence-corrected chi connectivity index (χ2v) is 4.54. The Morgan fingerprint density at radius 3 is 3.00 bits per heavy atom. The first-order valence-electron chi connectivity index (χ1n) is 5.20. The van der Waals surface area contributed by atoms with Crippen LogP contribution in [0, 0.1) is 5.92 Å². The van der Waals surface area contributed by atoms with Crippen molar-refractivity contribution in [1.29, 1.82) is 0 Å². The highest BCUT2D eigenvalue weighted by Crippen LogP contribution is 2.30. The number of morpholine rings is 1. The van der Waals surface area contributed by atoms with Gasteiger partial charge in [0.1, 0.15) is 6.61 Å². The van der Waals surface area contributed by atoms with E-state index in [0.717, 1.165) is 26.1 Å². The summed E-state index contributed by atoms with van der Waals surface area (Å²) in [4.78, 5) is 13.1. The Bertz CT molecular complexity index is 238. The second kappa shape index (κ2) is 3.51. The van der Waals surface area contributed by atoms with Crippen molar-refractivity contribution in [3.05, 3.63) is 0 Å². The number of hydrogen-bond donors (Lipinski definition) is 1. The van der Waals surface area contributed by atoms with E-state index in [4.69, 9.17) is 4.74 Å². The summed E-state index contributed by atoms with van der Waals surface area (Å²) < 4.78 is 5.70. The zero-order valence-corrected chi connectivity index (χ0v) is 8.88. The molecule has 0 aromatic heterocycles. The summed E-state index contributed by atoms with van der Waals surface area (Å²) in [5, 5.41) is 3.34. The molecule has 0 aromatic rings. The van der Waals surface area contributed by atoms with Crippen molar-refractivity contribution >= 4 is 5.91 Å². The van der Waals surface area contributed by atoms with Gasteiger partial charge in [-0.3, -0.25) is 4.79 Å². The molecule has 2 fully saturated rings. The van der Waals surface area contributed by atoms with Gasteiger partial charge in [-0.15, -0.1) is 0 Å². The third kappa shape index (κ3) is 1.64. The summed E-state index contributed by atoms with van der Waals surface area (Å²) in [5.74, 6) is 0.631. The maximum absolute atomic E-state index is 11.3. The monoisotopic (exact) mass is 198 g/mol. The number of nitrogens with zero attached hydrogens (tertiary/aromatic N) is 1. The first kappa shape index (κ1) is 9.93. The number of carbonyl (C=O) groups excluding carboxylic acids is 1. The lowest BCUT2D eigenvalue weighted by Gasteiger charge is -2.42. The van der Waals surface area contributed by atoms with Gasteiger partial charge in [0.05, 0.1) is 5.60 Å². The van der Waals surface area contributed by atoms with E-state index in [0.29, 0.717) is 5.92 Å². The van der Waals surface area contributed by atoms with Gasteiger partial charge in [-0.1, -0.05) is 0 Å². The Labute approximate surface area is 84.6 Å². The van der Waals surface area contributed by atoms with Gasteiger partial charge >= 0.3 is 0 Å². The van der Waals surface area contributed by atoms with Gasteiger partial charge in [0, 0.05) is 26.1 Å². The fourth-order valence-electron chi connectivity index (χ4n) is 2.36. The lowest BCUT2D eigenvalue weighted by molar-refractivity contribution is -0.166. The molecule has 0 aromatic carbocycles. The predicted octanol–water partition coefficient (Wildman–Crippen LogP) is -0.157. The van der Waals surface area contributed by atoms with E-state index >= 15 is 0 Å². The molecule has 2 rings (SSSR count). The third-order valence-corrected chi connectivity index (χ3v) is 3.43. The molecule has 2 atom stereocenters. The highest BCUT2D eigenvalue weighted by molar-refractivity contribution is 5.78. The second-order valence-electron chi connectivity index (χ2n) is 4.54. The van der Waals surface area contributed by atoms with E-state index in [2.05, 4.69) is 12.2 Å². The van der Waals surface area contributed by atoms with Gasteiger partial charge in [-0.2, -0.15) is 0 Å². The summed E-state index contributed by atoms with van der Waals surface area (Å²) >= 11 is 0. The zero-order chi connectivity index (χ0) is 10.2. The van der Waals surface area contributed by atoms with Crippen LogP contribution in [-0.2, 0) is 9.53 Å². The number of amides is 1. The van der Waals surface area contributed by atoms with Crippen LogP contribution in [0.3, 0.4) is 0 Å². The van der Waals surface area contributed by atoms with Crippen molar-refractivity contribution in [3.8, 4) is 0 Å². The van der Waals surface area contributed by atoms with Crippen molar-refractivity contribution in [2.45, 2.75) is 18.9 Å². The number of hydrogen-bond acceptors (Lipinski definition) is 3. The van der Waals surface area contributed by atoms with Gasteiger partial charge in [0.15, 0.2) is 0 Å². The van der Waals surface area contributed by atoms with Crippen LogP contribution >= 0.6 is 0 Å². The van der Waals surface area contributed by atoms with Crippen LogP contribution in [0.1, 0.15) is 13.3 Å². The van der Waals surface area contributed by atoms with E-state index < -0.39 is 0 Å². The molecule has 0 aliphatic carbocycles. The largest absolute Gasteiger partial charge is 0.363 e. The molecule has 80 valence electrons. The Balaban J connectivity index is 2.04. The normalized spacial score (nSPS) is 39.1. The molecule has 0 spiro atoms. The van der Waals surface area contributed by atoms with E-state index in [1.807, 2.05) is 7.05 Å². The maximum Gasteiger partial charge on any atom is 0.248 e. The van der Waals surface area contributed by atoms with Crippen LogP contribution in [0.5, 0.6) is 0 Å². The Morgan fingerprint density at radius 2 is 2.43 bits per heavy atom. The molecule has 2 heterocycles. The van der Waals surface area contributed by atoms with Crippen molar-refractivity contribution < 1.29 is 9.53 Å².